The summed E-state index contributed by atoms with van der Waals surface area (Å²) in [6.07, 6.45) is -0.672. The second-order valence-corrected chi connectivity index (χ2v) is 2.36. The number of nitrogens with one attached hydrogen (secondary N) is 1. The summed E-state index contributed by atoms with van der Waals surface area (Å²) in [6, 6.07) is 0. The molecule has 0 aromatic heterocycles. The van der Waals surface area contributed by atoms with E-state index in [1.54, 1.807) is 6.92 Å². The molecule has 0 saturated carbocycles. The SMILES string of the molecule is CCOC(=O)CNC(=O)OCCCl. The average molecular weight is 210 g/mol. The highest BCUT2D eigenvalue weighted by Crippen LogP contribution is 1.81. The molecule has 0 aromatic rings. The highest BCUT2D eigenvalue weighted by Gasteiger charge is 2.05. The molecular formula is C7H12ClNO4. The summed E-state index contributed by atoms with van der Waals surface area (Å²) in [4.78, 5) is 21.4. The van der Waals surface area contributed by atoms with Crippen LogP contribution >= 0.6 is 11.6 Å². The van der Waals surface area contributed by atoms with Crippen LogP contribution in [0.2, 0.25) is 0 Å². The zero-order valence-electron chi connectivity index (χ0n) is 7.34. The largest absolute Gasteiger partial charge is 0.465 e. The molecule has 0 aliphatic heterocycles. The Balaban J connectivity index is 3.40. The number of halogens is 1. The monoisotopic (exact) mass is 209 g/mol. The van der Waals surface area contributed by atoms with Gasteiger partial charge >= 0.3 is 12.1 Å². The van der Waals surface area contributed by atoms with Crippen molar-refractivity contribution in [1.29, 1.82) is 0 Å². The minimum absolute atomic E-state index is 0.121. The van der Waals surface area contributed by atoms with Crippen molar-refractivity contribution in [3.8, 4) is 0 Å². The molecule has 0 saturated heterocycles. The Morgan fingerprint density at radius 2 is 2.08 bits per heavy atom. The second kappa shape index (κ2) is 7.67. The standard InChI is InChI=1S/C7H12ClNO4/c1-2-12-6(10)5-9-7(11)13-4-3-8/h2-5H2,1H3,(H,9,11). The average Bonchev–Trinajstić information content (AvgIpc) is 2.12. The summed E-state index contributed by atoms with van der Waals surface area (Å²) in [7, 11) is 0. The van der Waals surface area contributed by atoms with Crippen molar-refractivity contribution in [2.75, 3.05) is 25.6 Å². The van der Waals surface area contributed by atoms with Crippen LogP contribution in [0.15, 0.2) is 0 Å². The van der Waals surface area contributed by atoms with E-state index in [9.17, 15) is 9.59 Å². The molecule has 0 unspecified atom stereocenters. The van der Waals surface area contributed by atoms with Gasteiger partial charge in [0.15, 0.2) is 0 Å². The van der Waals surface area contributed by atoms with Gasteiger partial charge in [0.2, 0.25) is 0 Å². The lowest BCUT2D eigenvalue weighted by molar-refractivity contribution is -0.141. The molecule has 0 aliphatic rings. The number of alkyl halides is 1. The first-order chi connectivity index (χ1) is 6.20. The topological polar surface area (TPSA) is 64.6 Å². The molecule has 0 atom stereocenters. The summed E-state index contributed by atoms with van der Waals surface area (Å²) in [5.74, 6) is -0.266. The third-order valence-corrected chi connectivity index (χ3v) is 1.15. The molecule has 13 heavy (non-hydrogen) atoms. The van der Waals surface area contributed by atoms with Gasteiger partial charge < -0.3 is 14.8 Å². The molecule has 0 heterocycles. The van der Waals surface area contributed by atoms with Gasteiger partial charge in [-0.25, -0.2) is 4.79 Å². The number of alkyl carbamates (subject to hydrolysis) is 1. The van der Waals surface area contributed by atoms with Crippen LogP contribution in [0.5, 0.6) is 0 Å². The van der Waals surface area contributed by atoms with E-state index < -0.39 is 12.1 Å². The Kier molecular flexibility index (Phi) is 7.10. The van der Waals surface area contributed by atoms with Crippen LogP contribution in [0.1, 0.15) is 6.92 Å². The molecule has 1 N–H and O–H groups in total. The van der Waals surface area contributed by atoms with E-state index in [1.807, 2.05) is 0 Å². The number of hydrogen-bond acceptors (Lipinski definition) is 4. The van der Waals surface area contributed by atoms with Crippen LogP contribution in [0, 0.1) is 0 Å². The molecule has 0 aliphatic carbocycles. The van der Waals surface area contributed by atoms with E-state index in [4.69, 9.17) is 11.6 Å². The van der Waals surface area contributed by atoms with Crippen LogP contribution in [0.4, 0.5) is 4.79 Å². The fraction of sp³-hybridized carbons (Fsp3) is 0.714. The fourth-order valence-electron chi connectivity index (χ4n) is 0.539. The van der Waals surface area contributed by atoms with E-state index in [-0.39, 0.29) is 25.6 Å². The van der Waals surface area contributed by atoms with E-state index in [0.717, 1.165) is 0 Å². The van der Waals surface area contributed by atoms with Crippen LogP contribution in [0.3, 0.4) is 0 Å². The van der Waals surface area contributed by atoms with E-state index in [2.05, 4.69) is 14.8 Å². The van der Waals surface area contributed by atoms with Crippen molar-refractivity contribution in [2.45, 2.75) is 6.92 Å². The number of rotatable bonds is 5. The molecule has 5 nitrogen and oxygen atoms in total. The van der Waals surface area contributed by atoms with Gasteiger partial charge in [0.25, 0.3) is 0 Å². The highest BCUT2D eigenvalue weighted by atomic mass is 35.5. The minimum atomic E-state index is -0.672. The Morgan fingerprint density at radius 3 is 2.62 bits per heavy atom. The number of hydrogen-bond donors (Lipinski definition) is 1. The predicted molar refractivity (Wildman–Crippen MR) is 46.7 cm³/mol. The number of carbonyl (C=O) groups excluding carboxylic acids is 2. The van der Waals surface area contributed by atoms with Crippen LogP contribution in [0.25, 0.3) is 0 Å². The van der Waals surface area contributed by atoms with Gasteiger partial charge in [0.1, 0.15) is 13.2 Å². The lowest BCUT2D eigenvalue weighted by Crippen LogP contribution is -2.31. The summed E-state index contributed by atoms with van der Waals surface area (Å²) >= 11 is 5.26. The lowest BCUT2D eigenvalue weighted by atomic mass is 10.6. The maximum Gasteiger partial charge on any atom is 0.407 e. The summed E-state index contributed by atoms with van der Waals surface area (Å²) in [5, 5.41) is 2.21. The van der Waals surface area contributed by atoms with Gasteiger partial charge in [-0.1, -0.05) is 0 Å². The summed E-state index contributed by atoms with van der Waals surface area (Å²) in [6.45, 7) is 1.91. The molecule has 0 bridgehead atoms. The van der Waals surface area contributed by atoms with Gasteiger partial charge in [-0.2, -0.15) is 0 Å². The zero-order valence-corrected chi connectivity index (χ0v) is 8.10. The normalized spacial score (nSPS) is 9.08. The van der Waals surface area contributed by atoms with Gasteiger partial charge in [-0.15, -0.1) is 11.6 Å². The van der Waals surface area contributed by atoms with Crippen molar-refractivity contribution < 1.29 is 19.1 Å². The molecule has 76 valence electrons. The number of amides is 1. The molecular weight excluding hydrogens is 198 g/mol. The maximum atomic E-state index is 10.7. The van der Waals surface area contributed by atoms with Gasteiger partial charge in [0, 0.05) is 0 Å². The van der Waals surface area contributed by atoms with Gasteiger partial charge in [-0.3, -0.25) is 4.79 Å². The lowest BCUT2D eigenvalue weighted by Gasteiger charge is -2.04. The van der Waals surface area contributed by atoms with Crippen LogP contribution < -0.4 is 5.32 Å². The van der Waals surface area contributed by atoms with Crippen molar-refractivity contribution in [2.24, 2.45) is 0 Å². The first kappa shape index (κ1) is 12.0. The number of carbonyl (C=O) groups is 2. The Bertz CT molecular complexity index is 174. The number of esters is 1. The van der Waals surface area contributed by atoms with Crippen LogP contribution in [-0.4, -0.2) is 37.7 Å². The Labute approximate surface area is 81.3 Å². The predicted octanol–water partition coefficient (Wildman–Crippen LogP) is 0.514. The minimum Gasteiger partial charge on any atom is -0.465 e. The molecule has 1 amide bonds. The van der Waals surface area contributed by atoms with Crippen molar-refractivity contribution in [3.63, 3.8) is 0 Å². The van der Waals surface area contributed by atoms with Crippen molar-refractivity contribution in [3.05, 3.63) is 0 Å². The molecule has 0 spiro atoms. The first-order valence-electron chi connectivity index (χ1n) is 3.83. The van der Waals surface area contributed by atoms with Gasteiger partial charge in [-0.05, 0) is 6.92 Å². The number of ether oxygens (including phenoxy) is 2. The fourth-order valence-corrected chi connectivity index (χ4v) is 0.616. The van der Waals surface area contributed by atoms with E-state index >= 15 is 0 Å². The van der Waals surface area contributed by atoms with Crippen molar-refractivity contribution in [1.82, 2.24) is 5.32 Å². The smallest absolute Gasteiger partial charge is 0.407 e. The molecule has 0 radical (unpaired) electrons. The molecule has 0 rings (SSSR count). The zero-order chi connectivity index (χ0) is 10.1. The molecule has 0 aromatic carbocycles. The summed E-state index contributed by atoms with van der Waals surface area (Å²) in [5.41, 5.74) is 0. The summed E-state index contributed by atoms with van der Waals surface area (Å²) < 4.78 is 9.09. The third-order valence-electron chi connectivity index (χ3n) is 0.993. The maximum absolute atomic E-state index is 10.7. The Hall–Kier alpha value is -0.970. The second-order valence-electron chi connectivity index (χ2n) is 1.98. The Morgan fingerprint density at radius 1 is 1.38 bits per heavy atom. The molecule has 6 heteroatoms. The third kappa shape index (κ3) is 7.39. The van der Waals surface area contributed by atoms with Crippen LogP contribution in [-0.2, 0) is 14.3 Å². The first-order valence-corrected chi connectivity index (χ1v) is 4.36. The van der Waals surface area contributed by atoms with Gasteiger partial charge in [0.05, 0.1) is 12.5 Å². The highest BCUT2D eigenvalue weighted by molar-refractivity contribution is 6.18. The van der Waals surface area contributed by atoms with E-state index in [1.165, 1.54) is 0 Å². The van der Waals surface area contributed by atoms with E-state index in [0.29, 0.717) is 0 Å². The molecule has 0 fully saturated rings. The quantitative estimate of drug-likeness (QED) is 0.530. The van der Waals surface area contributed by atoms with Crippen molar-refractivity contribution >= 4 is 23.7 Å².